The Morgan fingerprint density at radius 3 is 2.33 bits per heavy atom. The van der Waals surface area contributed by atoms with Crippen molar-refractivity contribution in [1.29, 1.82) is 0 Å². The molecule has 1 aromatic heterocycles. The molecule has 3 aromatic rings. The van der Waals surface area contributed by atoms with Crippen LogP contribution in [0.3, 0.4) is 0 Å². The van der Waals surface area contributed by atoms with E-state index in [1.54, 1.807) is 66.7 Å². The molecule has 33 heavy (non-hydrogen) atoms. The number of hydrogen-bond acceptors (Lipinski definition) is 5. The number of furan rings is 1. The van der Waals surface area contributed by atoms with Crippen LogP contribution < -0.4 is 10.6 Å². The number of sulfonamides is 1. The Morgan fingerprint density at radius 2 is 1.64 bits per heavy atom. The van der Waals surface area contributed by atoms with Crippen molar-refractivity contribution in [3.8, 4) is 0 Å². The van der Waals surface area contributed by atoms with Gasteiger partial charge in [0, 0.05) is 19.0 Å². The molecule has 0 spiro atoms. The number of para-hydroxylation sites is 1. The lowest BCUT2D eigenvalue weighted by molar-refractivity contribution is -0.120. The fraction of sp³-hybridized carbons (Fsp3) is 0.250. The number of carbonyl (C=O) groups excluding carboxylic acids is 2. The summed E-state index contributed by atoms with van der Waals surface area (Å²) in [5.41, 5.74) is 0.764. The molecule has 0 saturated carbocycles. The third-order valence-electron chi connectivity index (χ3n) is 5.64. The standard InChI is InChI=1S/C24H25N3O5S/c28-23(18-12-14-27(15-13-18)33(30,31)20-8-2-1-3-9-20)26-22-11-5-4-10-21(22)24(29)25-17-19-7-6-16-32-19/h1-11,16,18H,12-15,17H2,(H,25,29)(H,26,28). The molecule has 9 heteroatoms. The van der Waals surface area contributed by atoms with Gasteiger partial charge in [0.1, 0.15) is 5.76 Å². The molecule has 0 unspecified atom stereocenters. The Labute approximate surface area is 192 Å². The second kappa shape index (κ2) is 10.0. The number of anilines is 1. The van der Waals surface area contributed by atoms with Gasteiger partial charge in [-0.15, -0.1) is 0 Å². The minimum absolute atomic E-state index is 0.224. The van der Waals surface area contributed by atoms with Crippen LogP contribution in [0.1, 0.15) is 29.0 Å². The van der Waals surface area contributed by atoms with Gasteiger partial charge in [0.15, 0.2) is 0 Å². The predicted molar refractivity (Wildman–Crippen MR) is 123 cm³/mol. The van der Waals surface area contributed by atoms with Crippen LogP contribution in [0.15, 0.2) is 82.3 Å². The monoisotopic (exact) mass is 467 g/mol. The molecule has 4 rings (SSSR count). The fourth-order valence-electron chi connectivity index (χ4n) is 3.80. The maximum absolute atomic E-state index is 12.9. The summed E-state index contributed by atoms with van der Waals surface area (Å²) in [6.45, 7) is 0.768. The molecule has 8 nitrogen and oxygen atoms in total. The quantitative estimate of drug-likeness (QED) is 0.555. The van der Waals surface area contributed by atoms with Gasteiger partial charge in [-0.1, -0.05) is 30.3 Å². The molecule has 1 aliphatic rings. The average Bonchev–Trinajstić information content (AvgIpc) is 3.37. The van der Waals surface area contributed by atoms with Gasteiger partial charge in [-0.05, 0) is 49.2 Å². The van der Waals surface area contributed by atoms with Gasteiger partial charge >= 0.3 is 0 Å². The maximum Gasteiger partial charge on any atom is 0.253 e. The summed E-state index contributed by atoms with van der Waals surface area (Å²) in [5.74, 6) is -0.266. The third kappa shape index (κ3) is 5.32. The van der Waals surface area contributed by atoms with E-state index in [1.807, 2.05) is 0 Å². The van der Waals surface area contributed by atoms with E-state index in [4.69, 9.17) is 4.42 Å². The van der Waals surface area contributed by atoms with Crippen LogP contribution in [0.4, 0.5) is 5.69 Å². The first-order valence-electron chi connectivity index (χ1n) is 10.7. The molecule has 0 aliphatic carbocycles. The second-order valence-corrected chi connectivity index (χ2v) is 9.73. The molecule has 2 heterocycles. The number of nitrogens with one attached hydrogen (secondary N) is 2. The zero-order chi connectivity index (χ0) is 23.3. The Bertz CT molecular complexity index is 1200. The minimum atomic E-state index is -3.57. The van der Waals surface area contributed by atoms with Gasteiger partial charge in [0.25, 0.3) is 5.91 Å². The van der Waals surface area contributed by atoms with Crippen LogP contribution in [-0.4, -0.2) is 37.6 Å². The van der Waals surface area contributed by atoms with Gasteiger partial charge in [0.05, 0.1) is 29.0 Å². The lowest BCUT2D eigenvalue weighted by Gasteiger charge is -2.30. The van der Waals surface area contributed by atoms with Crippen molar-refractivity contribution in [1.82, 2.24) is 9.62 Å². The highest BCUT2D eigenvalue weighted by Gasteiger charge is 2.32. The van der Waals surface area contributed by atoms with Crippen LogP contribution >= 0.6 is 0 Å². The average molecular weight is 468 g/mol. The number of carbonyl (C=O) groups is 2. The summed E-state index contributed by atoms with van der Waals surface area (Å²) in [6.07, 6.45) is 2.35. The van der Waals surface area contributed by atoms with E-state index in [0.717, 1.165) is 0 Å². The maximum atomic E-state index is 12.9. The summed E-state index contributed by atoms with van der Waals surface area (Å²) in [7, 11) is -3.57. The van der Waals surface area contributed by atoms with E-state index in [1.165, 1.54) is 10.6 Å². The number of rotatable bonds is 7. The Balaban J connectivity index is 1.36. The molecule has 2 amide bonds. The minimum Gasteiger partial charge on any atom is -0.467 e. The van der Waals surface area contributed by atoms with Crippen molar-refractivity contribution in [3.05, 3.63) is 84.3 Å². The Morgan fingerprint density at radius 1 is 0.939 bits per heavy atom. The molecule has 2 N–H and O–H groups in total. The second-order valence-electron chi connectivity index (χ2n) is 7.79. The molecule has 1 saturated heterocycles. The Hall–Kier alpha value is -3.43. The van der Waals surface area contributed by atoms with Crippen LogP contribution in [0, 0.1) is 5.92 Å². The topological polar surface area (TPSA) is 109 Å². The van der Waals surface area contributed by atoms with Crippen LogP contribution in [0.25, 0.3) is 0 Å². The smallest absolute Gasteiger partial charge is 0.253 e. The predicted octanol–water partition coefficient (Wildman–Crippen LogP) is 3.25. The third-order valence-corrected chi connectivity index (χ3v) is 7.55. The SMILES string of the molecule is O=C(NCc1ccco1)c1ccccc1NC(=O)C1CCN(S(=O)(=O)c2ccccc2)CC1. The summed E-state index contributed by atoms with van der Waals surface area (Å²) in [4.78, 5) is 25.8. The number of hydrogen-bond donors (Lipinski definition) is 2. The number of piperidine rings is 1. The van der Waals surface area contributed by atoms with Crippen molar-refractivity contribution in [2.45, 2.75) is 24.3 Å². The highest BCUT2D eigenvalue weighted by atomic mass is 32.2. The normalized spacial score (nSPS) is 15.2. The molecular formula is C24H25N3O5S. The molecule has 2 aromatic carbocycles. The number of amides is 2. The fourth-order valence-corrected chi connectivity index (χ4v) is 5.29. The number of nitrogens with zero attached hydrogens (tertiary/aromatic N) is 1. The van der Waals surface area contributed by atoms with Crippen LogP contribution in [0.2, 0.25) is 0 Å². The van der Waals surface area contributed by atoms with Crippen molar-refractivity contribution in [2.75, 3.05) is 18.4 Å². The molecule has 0 bridgehead atoms. The first-order valence-corrected chi connectivity index (χ1v) is 12.1. The van der Waals surface area contributed by atoms with Gasteiger partial charge < -0.3 is 15.1 Å². The molecular weight excluding hydrogens is 442 g/mol. The van der Waals surface area contributed by atoms with E-state index >= 15 is 0 Å². The highest BCUT2D eigenvalue weighted by molar-refractivity contribution is 7.89. The molecule has 0 radical (unpaired) electrons. The van der Waals surface area contributed by atoms with E-state index in [0.29, 0.717) is 29.9 Å². The summed E-state index contributed by atoms with van der Waals surface area (Å²) < 4.78 is 32.2. The van der Waals surface area contributed by atoms with E-state index in [9.17, 15) is 18.0 Å². The summed E-state index contributed by atoms with van der Waals surface area (Å²) in [6, 6.07) is 18.6. The van der Waals surface area contributed by atoms with E-state index in [-0.39, 0.29) is 42.3 Å². The number of benzene rings is 2. The highest BCUT2D eigenvalue weighted by Crippen LogP contribution is 2.25. The molecule has 0 atom stereocenters. The van der Waals surface area contributed by atoms with Crippen molar-refractivity contribution in [2.24, 2.45) is 5.92 Å². The zero-order valence-corrected chi connectivity index (χ0v) is 18.8. The van der Waals surface area contributed by atoms with Crippen molar-refractivity contribution in [3.63, 3.8) is 0 Å². The van der Waals surface area contributed by atoms with E-state index < -0.39 is 10.0 Å². The lowest BCUT2D eigenvalue weighted by atomic mass is 9.97. The van der Waals surface area contributed by atoms with Crippen LogP contribution in [-0.2, 0) is 21.4 Å². The molecule has 172 valence electrons. The largest absolute Gasteiger partial charge is 0.467 e. The Kier molecular flexibility index (Phi) is 6.90. The molecule has 1 fully saturated rings. The van der Waals surface area contributed by atoms with Gasteiger partial charge in [0.2, 0.25) is 15.9 Å². The lowest BCUT2D eigenvalue weighted by Crippen LogP contribution is -2.41. The van der Waals surface area contributed by atoms with Crippen molar-refractivity contribution < 1.29 is 22.4 Å². The van der Waals surface area contributed by atoms with Gasteiger partial charge in [-0.2, -0.15) is 4.31 Å². The first-order chi connectivity index (χ1) is 15.9. The van der Waals surface area contributed by atoms with Gasteiger partial charge in [-0.3, -0.25) is 9.59 Å². The van der Waals surface area contributed by atoms with Crippen molar-refractivity contribution >= 4 is 27.5 Å². The summed E-state index contributed by atoms with van der Waals surface area (Å²) >= 11 is 0. The first kappa shape index (κ1) is 22.8. The molecule has 1 aliphatic heterocycles. The summed E-state index contributed by atoms with van der Waals surface area (Å²) in [5, 5.41) is 5.62. The zero-order valence-electron chi connectivity index (χ0n) is 17.9. The van der Waals surface area contributed by atoms with E-state index in [2.05, 4.69) is 10.6 Å². The van der Waals surface area contributed by atoms with Gasteiger partial charge in [-0.25, -0.2) is 8.42 Å². The van der Waals surface area contributed by atoms with Crippen LogP contribution in [0.5, 0.6) is 0 Å².